The Morgan fingerprint density at radius 2 is 1.85 bits per heavy atom. The van der Waals surface area contributed by atoms with E-state index in [2.05, 4.69) is 36.3 Å². The minimum absolute atomic E-state index is 0.0609. The first kappa shape index (κ1) is 18.6. The van der Waals surface area contributed by atoms with Gasteiger partial charge >= 0.3 is 0 Å². The first-order chi connectivity index (χ1) is 12.5. The molecule has 0 fully saturated rings. The highest BCUT2D eigenvalue weighted by molar-refractivity contribution is 7.13. The van der Waals surface area contributed by atoms with Gasteiger partial charge in [0.2, 0.25) is 5.91 Å². The molecule has 0 aliphatic rings. The minimum atomic E-state index is -0.0609. The summed E-state index contributed by atoms with van der Waals surface area (Å²) in [6.45, 7) is 4.38. The topological polar surface area (TPSA) is 42.0 Å². The Balaban J connectivity index is 1.61. The second-order valence-corrected chi connectivity index (χ2v) is 7.60. The van der Waals surface area contributed by atoms with Crippen LogP contribution in [-0.4, -0.2) is 10.9 Å². The maximum Gasteiger partial charge on any atom is 0.230 e. The third-order valence-corrected chi connectivity index (χ3v) is 5.55. The first-order valence-corrected chi connectivity index (χ1v) is 9.91. The smallest absolute Gasteiger partial charge is 0.230 e. The summed E-state index contributed by atoms with van der Waals surface area (Å²) in [5.74, 6) is 0.468. The number of thiazole rings is 1. The molecule has 0 bridgehead atoms. The van der Waals surface area contributed by atoms with E-state index in [4.69, 9.17) is 11.6 Å². The summed E-state index contributed by atoms with van der Waals surface area (Å²) < 4.78 is 0. The van der Waals surface area contributed by atoms with Crippen molar-refractivity contribution in [2.45, 2.75) is 32.6 Å². The van der Waals surface area contributed by atoms with Gasteiger partial charge in [0.1, 0.15) is 5.01 Å². The molecule has 3 nitrogen and oxygen atoms in total. The minimum Gasteiger partial charge on any atom is -0.326 e. The number of carbonyl (C=O) groups excluding carboxylic acids is 1. The third kappa shape index (κ3) is 4.71. The van der Waals surface area contributed by atoms with Crippen LogP contribution in [0.15, 0.2) is 53.9 Å². The Labute approximate surface area is 163 Å². The van der Waals surface area contributed by atoms with Gasteiger partial charge in [0.05, 0.1) is 12.1 Å². The second-order valence-electron chi connectivity index (χ2n) is 6.31. The van der Waals surface area contributed by atoms with E-state index in [-0.39, 0.29) is 12.3 Å². The highest BCUT2D eigenvalue weighted by Gasteiger charge is 2.10. The van der Waals surface area contributed by atoms with Crippen molar-refractivity contribution in [1.29, 1.82) is 0 Å². The number of carbonyl (C=O) groups is 1. The number of aromatic nitrogens is 1. The van der Waals surface area contributed by atoms with Gasteiger partial charge in [-0.05, 0) is 42.2 Å². The van der Waals surface area contributed by atoms with Crippen LogP contribution in [0.2, 0.25) is 5.02 Å². The zero-order valence-electron chi connectivity index (χ0n) is 14.8. The van der Waals surface area contributed by atoms with Gasteiger partial charge in [-0.15, -0.1) is 11.3 Å². The Kier molecular flexibility index (Phi) is 6.07. The van der Waals surface area contributed by atoms with Crippen molar-refractivity contribution >= 4 is 34.5 Å². The van der Waals surface area contributed by atoms with Gasteiger partial charge in [-0.2, -0.15) is 0 Å². The van der Waals surface area contributed by atoms with Crippen molar-refractivity contribution in [2.75, 3.05) is 5.32 Å². The molecule has 5 heteroatoms. The van der Waals surface area contributed by atoms with Crippen LogP contribution in [0, 0.1) is 0 Å². The number of hydrogen-bond donors (Lipinski definition) is 1. The predicted octanol–water partition coefficient (Wildman–Crippen LogP) is 6.16. The van der Waals surface area contributed by atoms with E-state index in [9.17, 15) is 4.79 Å². The van der Waals surface area contributed by atoms with Gasteiger partial charge in [0, 0.05) is 21.7 Å². The van der Waals surface area contributed by atoms with Gasteiger partial charge < -0.3 is 5.32 Å². The van der Waals surface area contributed by atoms with Gasteiger partial charge in [0.15, 0.2) is 0 Å². The first-order valence-electron chi connectivity index (χ1n) is 8.65. The molecule has 0 radical (unpaired) electrons. The molecule has 1 heterocycles. The molecular formula is C21H21ClN2OS. The van der Waals surface area contributed by atoms with E-state index in [0.717, 1.165) is 28.4 Å². The maximum absolute atomic E-state index is 12.3. The molecule has 1 unspecified atom stereocenters. The zero-order valence-corrected chi connectivity index (χ0v) is 16.4. The van der Waals surface area contributed by atoms with Crippen LogP contribution in [0.5, 0.6) is 0 Å². The number of hydrogen-bond acceptors (Lipinski definition) is 3. The fourth-order valence-corrected chi connectivity index (χ4v) is 3.57. The van der Waals surface area contributed by atoms with E-state index in [1.807, 2.05) is 41.8 Å². The second kappa shape index (κ2) is 8.47. The molecule has 1 amide bonds. The van der Waals surface area contributed by atoms with E-state index in [1.165, 1.54) is 16.9 Å². The van der Waals surface area contributed by atoms with E-state index >= 15 is 0 Å². The molecule has 0 saturated carbocycles. The average Bonchev–Trinajstić information content (AvgIpc) is 3.10. The van der Waals surface area contributed by atoms with Crippen molar-refractivity contribution in [2.24, 2.45) is 0 Å². The summed E-state index contributed by atoms with van der Waals surface area (Å²) in [6, 6.07) is 15.6. The molecule has 1 aromatic heterocycles. The quantitative estimate of drug-likeness (QED) is 0.553. The van der Waals surface area contributed by atoms with Crippen molar-refractivity contribution in [3.63, 3.8) is 0 Å². The van der Waals surface area contributed by atoms with Crippen LogP contribution in [0.25, 0.3) is 10.6 Å². The highest BCUT2D eigenvalue weighted by Crippen LogP contribution is 2.25. The van der Waals surface area contributed by atoms with Crippen molar-refractivity contribution < 1.29 is 4.79 Å². The van der Waals surface area contributed by atoms with Crippen molar-refractivity contribution in [1.82, 2.24) is 4.98 Å². The van der Waals surface area contributed by atoms with Gasteiger partial charge in [-0.25, -0.2) is 4.98 Å². The third-order valence-electron chi connectivity index (χ3n) is 4.36. The number of rotatable bonds is 6. The van der Waals surface area contributed by atoms with Crippen LogP contribution in [0.1, 0.15) is 37.4 Å². The summed E-state index contributed by atoms with van der Waals surface area (Å²) >= 11 is 7.45. The standard InChI is InChI=1S/C21H21ClN2OS/c1-3-14(2)15-6-10-18(11-7-15)23-20(25)12-19-13-26-21(24-19)16-4-8-17(22)9-5-16/h4-11,13-14H,3,12H2,1-2H3,(H,23,25). The SMILES string of the molecule is CCC(C)c1ccc(NC(=O)Cc2csc(-c3ccc(Cl)cc3)n2)cc1. The molecule has 134 valence electrons. The number of anilines is 1. The molecule has 0 aliphatic heterocycles. The van der Waals surface area contributed by atoms with Crippen molar-refractivity contribution in [3.05, 3.63) is 70.2 Å². The molecule has 1 atom stereocenters. The monoisotopic (exact) mass is 384 g/mol. The van der Waals surface area contributed by atoms with Gasteiger partial charge in [-0.3, -0.25) is 4.79 Å². The summed E-state index contributed by atoms with van der Waals surface area (Å²) in [5, 5.41) is 6.45. The van der Waals surface area contributed by atoms with Crippen LogP contribution >= 0.6 is 22.9 Å². The lowest BCUT2D eigenvalue weighted by Gasteiger charge is -2.10. The fourth-order valence-electron chi connectivity index (χ4n) is 2.61. The Hall–Kier alpha value is -2.17. The summed E-state index contributed by atoms with van der Waals surface area (Å²) in [7, 11) is 0. The van der Waals surface area contributed by atoms with Crippen LogP contribution < -0.4 is 5.32 Å². The molecule has 3 rings (SSSR count). The lowest BCUT2D eigenvalue weighted by molar-refractivity contribution is -0.115. The number of benzene rings is 2. The Bertz CT molecular complexity index is 872. The number of amides is 1. The molecule has 26 heavy (non-hydrogen) atoms. The summed E-state index contributed by atoms with van der Waals surface area (Å²) in [6.07, 6.45) is 1.36. The van der Waals surface area contributed by atoms with Gasteiger partial charge in [-0.1, -0.05) is 49.7 Å². The molecular weight excluding hydrogens is 364 g/mol. The maximum atomic E-state index is 12.3. The molecule has 0 saturated heterocycles. The van der Waals surface area contributed by atoms with E-state index in [1.54, 1.807) is 0 Å². The molecule has 2 aromatic carbocycles. The van der Waals surface area contributed by atoms with Crippen LogP contribution in [0.4, 0.5) is 5.69 Å². The number of nitrogens with zero attached hydrogens (tertiary/aromatic N) is 1. The fraction of sp³-hybridized carbons (Fsp3) is 0.238. The molecule has 0 spiro atoms. The highest BCUT2D eigenvalue weighted by atomic mass is 35.5. The summed E-state index contributed by atoms with van der Waals surface area (Å²) in [4.78, 5) is 16.8. The zero-order chi connectivity index (χ0) is 18.5. The predicted molar refractivity (Wildman–Crippen MR) is 110 cm³/mol. The Morgan fingerprint density at radius 3 is 2.50 bits per heavy atom. The number of nitrogens with one attached hydrogen (secondary N) is 1. The molecule has 1 N–H and O–H groups in total. The van der Waals surface area contributed by atoms with Gasteiger partial charge in [0.25, 0.3) is 0 Å². The Morgan fingerprint density at radius 1 is 1.15 bits per heavy atom. The summed E-state index contributed by atoms with van der Waals surface area (Å²) in [5.41, 5.74) is 3.88. The van der Waals surface area contributed by atoms with Crippen LogP contribution in [0.3, 0.4) is 0 Å². The van der Waals surface area contributed by atoms with E-state index < -0.39 is 0 Å². The number of halogens is 1. The van der Waals surface area contributed by atoms with E-state index in [0.29, 0.717) is 10.9 Å². The molecule has 3 aromatic rings. The normalized spacial score (nSPS) is 12.0. The average molecular weight is 385 g/mol. The molecule has 0 aliphatic carbocycles. The largest absolute Gasteiger partial charge is 0.326 e. The lowest BCUT2D eigenvalue weighted by atomic mass is 9.99. The van der Waals surface area contributed by atoms with Crippen molar-refractivity contribution in [3.8, 4) is 10.6 Å². The van der Waals surface area contributed by atoms with Crippen LogP contribution in [-0.2, 0) is 11.2 Å². The lowest BCUT2D eigenvalue weighted by Crippen LogP contribution is -2.14.